The van der Waals surface area contributed by atoms with Crippen LogP contribution < -0.4 is 10.5 Å². The molecule has 1 aromatic rings. The summed E-state index contributed by atoms with van der Waals surface area (Å²) in [6.07, 6.45) is 0. The van der Waals surface area contributed by atoms with Crippen LogP contribution in [0.25, 0.3) is 0 Å². The van der Waals surface area contributed by atoms with Crippen LogP contribution in [0.5, 0.6) is 0 Å². The zero-order valence-electron chi connectivity index (χ0n) is 8.36. The van der Waals surface area contributed by atoms with E-state index in [1.807, 2.05) is 4.72 Å². The molecule has 90 valence electrons. The third-order valence-electron chi connectivity index (χ3n) is 1.94. The minimum Gasteiger partial charge on any atom is -0.326 e. The molecule has 1 aromatic carbocycles. The summed E-state index contributed by atoms with van der Waals surface area (Å²) in [6, 6.07) is 6.75. The average Bonchev–Trinajstić information content (AvgIpc) is 2.26. The van der Waals surface area contributed by atoms with Gasteiger partial charge in [0.15, 0.2) is 0 Å². The van der Waals surface area contributed by atoms with Crippen molar-refractivity contribution in [2.45, 2.75) is 18.8 Å². The molecule has 0 unspecified atom stereocenters. The number of hydrogen-bond acceptors (Lipinski definition) is 3. The first kappa shape index (κ1) is 13.0. The molecule has 0 aromatic heterocycles. The van der Waals surface area contributed by atoms with Crippen molar-refractivity contribution in [3.63, 3.8) is 0 Å². The molecule has 0 atom stereocenters. The van der Waals surface area contributed by atoms with Crippen LogP contribution in [0.15, 0.2) is 24.3 Å². The molecule has 0 amide bonds. The highest BCUT2D eigenvalue weighted by Crippen LogP contribution is 2.07. The predicted molar refractivity (Wildman–Crippen MR) is 56.1 cm³/mol. The average molecular weight is 250 g/mol. The molecule has 0 saturated heterocycles. The minimum atomic E-state index is -4.53. The maximum absolute atomic E-state index is 12.0. The van der Waals surface area contributed by atoms with Crippen molar-refractivity contribution < 1.29 is 17.2 Å². The normalized spacial score (nSPS) is 12.0. The van der Waals surface area contributed by atoms with E-state index in [1.165, 1.54) is 0 Å². The van der Waals surface area contributed by atoms with Crippen LogP contribution in [0.3, 0.4) is 0 Å². The van der Waals surface area contributed by atoms with E-state index >= 15 is 0 Å². The van der Waals surface area contributed by atoms with Gasteiger partial charge >= 0.3 is 5.76 Å². The molecule has 0 bridgehead atoms. The fraction of sp³-hybridized carbons (Fsp3) is 0.333. The first-order valence-electron chi connectivity index (χ1n) is 4.50. The molecule has 0 radical (unpaired) electrons. The molecule has 0 aliphatic carbocycles. The Morgan fingerprint density at radius 1 is 1.31 bits per heavy atom. The maximum Gasteiger partial charge on any atom is 0.350 e. The number of halogens is 2. The van der Waals surface area contributed by atoms with Crippen LogP contribution in [0, 0.1) is 0 Å². The summed E-state index contributed by atoms with van der Waals surface area (Å²) in [5.74, 6) is -3.41. The fourth-order valence-corrected chi connectivity index (χ4v) is 1.61. The van der Waals surface area contributed by atoms with E-state index in [0.717, 1.165) is 5.56 Å². The molecule has 4 nitrogen and oxygen atoms in total. The summed E-state index contributed by atoms with van der Waals surface area (Å²) in [4.78, 5) is 0. The van der Waals surface area contributed by atoms with Crippen LogP contribution >= 0.6 is 0 Å². The van der Waals surface area contributed by atoms with E-state index in [2.05, 4.69) is 0 Å². The molecule has 0 aliphatic heterocycles. The van der Waals surface area contributed by atoms with E-state index in [1.54, 1.807) is 24.3 Å². The van der Waals surface area contributed by atoms with Crippen LogP contribution in [0.2, 0.25) is 0 Å². The van der Waals surface area contributed by atoms with Crippen molar-refractivity contribution in [1.82, 2.24) is 4.72 Å². The zero-order chi connectivity index (χ0) is 12.2. The van der Waals surface area contributed by atoms with Gasteiger partial charge in [-0.15, -0.1) is 0 Å². The zero-order valence-corrected chi connectivity index (χ0v) is 9.18. The number of alkyl halides is 2. The van der Waals surface area contributed by atoms with Crippen LogP contribution in [-0.4, -0.2) is 14.2 Å². The highest BCUT2D eigenvalue weighted by molar-refractivity contribution is 7.89. The summed E-state index contributed by atoms with van der Waals surface area (Å²) in [5, 5.41) is 0. The third kappa shape index (κ3) is 3.51. The largest absolute Gasteiger partial charge is 0.350 e. The van der Waals surface area contributed by atoms with Gasteiger partial charge in [-0.3, -0.25) is 0 Å². The van der Waals surface area contributed by atoms with Gasteiger partial charge in [0, 0.05) is 13.1 Å². The SMILES string of the molecule is NCc1cccc(CNS(=O)(=O)C(F)F)c1. The second-order valence-electron chi connectivity index (χ2n) is 3.15. The minimum absolute atomic E-state index is 0.166. The first-order chi connectivity index (χ1) is 7.45. The van der Waals surface area contributed by atoms with E-state index in [4.69, 9.17) is 5.73 Å². The highest BCUT2D eigenvalue weighted by Gasteiger charge is 2.22. The number of nitrogens with one attached hydrogen (secondary N) is 1. The molecule has 16 heavy (non-hydrogen) atoms. The standard InChI is InChI=1S/C9H12F2N2O2S/c10-9(11)16(14,15)13-6-8-3-1-2-7(4-8)5-12/h1-4,9,13H,5-6,12H2. The first-order valence-corrected chi connectivity index (χ1v) is 6.05. The van der Waals surface area contributed by atoms with Gasteiger partial charge in [0.1, 0.15) is 0 Å². The van der Waals surface area contributed by atoms with Gasteiger partial charge in [0.05, 0.1) is 0 Å². The Balaban J connectivity index is 2.68. The van der Waals surface area contributed by atoms with E-state index < -0.39 is 15.8 Å². The van der Waals surface area contributed by atoms with Crippen LogP contribution in [-0.2, 0) is 23.1 Å². The highest BCUT2D eigenvalue weighted by atomic mass is 32.2. The second kappa shape index (κ2) is 5.33. The third-order valence-corrected chi connectivity index (χ3v) is 2.95. The molecular weight excluding hydrogens is 238 g/mol. The Labute approximate surface area is 92.5 Å². The predicted octanol–water partition coefficient (Wildman–Crippen LogP) is 0.787. The Morgan fingerprint density at radius 2 is 1.94 bits per heavy atom. The van der Waals surface area contributed by atoms with Crippen LogP contribution in [0.1, 0.15) is 11.1 Å². The summed E-state index contributed by atoms with van der Waals surface area (Å²) < 4.78 is 47.3. The molecule has 0 saturated carbocycles. The summed E-state index contributed by atoms with van der Waals surface area (Å²) in [7, 11) is -4.53. The van der Waals surface area contributed by atoms with Gasteiger partial charge in [0.2, 0.25) is 0 Å². The van der Waals surface area contributed by atoms with Gasteiger partial charge in [-0.2, -0.15) is 8.78 Å². The number of rotatable bonds is 5. The Bertz CT molecular complexity index is 449. The summed E-state index contributed by atoms with van der Waals surface area (Å²) in [5.41, 5.74) is 6.79. The Kier molecular flexibility index (Phi) is 4.34. The van der Waals surface area contributed by atoms with Crippen molar-refractivity contribution in [3.05, 3.63) is 35.4 Å². The van der Waals surface area contributed by atoms with E-state index in [0.29, 0.717) is 12.1 Å². The van der Waals surface area contributed by atoms with Crippen molar-refractivity contribution in [2.24, 2.45) is 5.73 Å². The quantitative estimate of drug-likeness (QED) is 0.811. The van der Waals surface area contributed by atoms with Crippen molar-refractivity contribution in [2.75, 3.05) is 0 Å². The fourth-order valence-electron chi connectivity index (χ4n) is 1.11. The Morgan fingerprint density at radius 3 is 2.50 bits per heavy atom. The van der Waals surface area contributed by atoms with Gasteiger partial charge < -0.3 is 5.73 Å². The second-order valence-corrected chi connectivity index (χ2v) is 4.89. The summed E-state index contributed by atoms with van der Waals surface area (Å²) in [6.45, 7) is 0.149. The molecule has 0 heterocycles. The molecule has 3 N–H and O–H groups in total. The maximum atomic E-state index is 12.0. The van der Waals surface area contributed by atoms with Crippen molar-refractivity contribution in [3.8, 4) is 0 Å². The Hall–Kier alpha value is -1.05. The molecule has 0 aliphatic rings. The summed E-state index contributed by atoms with van der Waals surface area (Å²) >= 11 is 0. The monoisotopic (exact) mass is 250 g/mol. The lowest BCUT2D eigenvalue weighted by atomic mass is 10.1. The smallest absolute Gasteiger partial charge is 0.326 e. The molecule has 0 fully saturated rings. The van der Waals surface area contributed by atoms with Crippen molar-refractivity contribution >= 4 is 10.0 Å². The van der Waals surface area contributed by atoms with E-state index in [9.17, 15) is 17.2 Å². The number of benzene rings is 1. The van der Waals surface area contributed by atoms with Gasteiger partial charge in [-0.25, -0.2) is 13.1 Å². The lowest BCUT2D eigenvalue weighted by Crippen LogP contribution is -2.28. The molecule has 7 heteroatoms. The molecule has 1 rings (SSSR count). The topological polar surface area (TPSA) is 72.2 Å². The van der Waals surface area contributed by atoms with Gasteiger partial charge in [0.25, 0.3) is 10.0 Å². The lowest BCUT2D eigenvalue weighted by Gasteiger charge is -2.06. The van der Waals surface area contributed by atoms with Crippen LogP contribution in [0.4, 0.5) is 8.78 Å². The van der Waals surface area contributed by atoms with E-state index in [-0.39, 0.29) is 6.54 Å². The number of nitrogens with two attached hydrogens (primary N) is 1. The van der Waals surface area contributed by atoms with Gasteiger partial charge in [-0.1, -0.05) is 24.3 Å². The van der Waals surface area contributed by atoms with Gasteiger partial charge in [-0.05, 0) is 11.1 Å². The number of sulfonamides is 1. The molecular formula is C9H12F2N2O2S. The molecule has 0 spiro atoms. The lowest BCUT2D eigenvalue weighted by molar-refractivity contribution is 0.232. The van der Waals surface area contributed by atoms with Crippen molar-refractivity contribution in [1.29, 1.82) is 0 Å². The number of hydrogen-bond donors (Lipinski definition) is 2.